The van der Waals surface area contributed by atoms with E-state index in [0.717, 1.165) is 20.2 Å². The molecular weight excluding hydrogens is 349 g/mol. The van der Waals surface area contributed by atoms with E-state index in [1.807, 2.05) is 24.3 Å². The lowest BCUT2D eigenvalue weighted by Crippen LogP contribution is -2.00. The van der Waals surface area contributed by atoms with Gasteiger partial charge < -0.3 is 5.32 Å². The van der Waals surface area contributed by atoms with Crippen molar-refractivity contribution in [2.45, 2.75) is 6.54 Å². The fourth-order valence-corrected chi connectivity index (χ4v) is 2.35. The van der Waals surface area contributed by atoms with Crippen LogP contribution in [0.15, 0.2) is 51.4 Å². The molecule has 0 amide bonds. The van der Waals surface area contributed by atoms with Gasteiger partial charge in [0.2, 0.25) is 0 Å². The van der Waals surface area contributed by atoms with Crippen LogP contribution in [0.4, 0.5) is 10.1 Å². The van der Waals surface area contributed by atoms with Gasteiger partial charge in [0, 0.05) is 21.2 Å². The molecule has 0 spiro atoms. The van der Waals surface area contributed by atoms with Crippen LogP contribution in [0.25, 0.3) is 0 Å². The van der Waals surface area contributed by atoms with Gasteiger partial charge >= 0.3 is 0 Å². The molecule has 0 radical (unpaired) electrons. The molecule has 0 aliphatic heterocycles. The first-order valence-electron chi connectivity index (χ1n) is 5.08. The maximum atomic E-state index is 12.9. The maximum Gasteiger partial charge on any atom is 0.124 e. The van der Waals surface area contributed by atoms with E-state index in [2.05, 4.69) is 37.2 Å². The van der Waals surface area contributed by atoms with Gasteiger partial charge in [-0.1, -0.05) is 44.0 Å². The highest BCUT2D eigenvalue weighted by Crippen LogP contribution is 2.20. The fourth-order valence-electron chi connectivity index (χ4n) is 1.46. The van der Waals surface area contributed by atoms with Gasteiger partial charge in [0.25, 0.3) is 0 Å². The molecular formula is C13H10Br2FN. The third-order valence-electron chi connectivity index (χ3n) is 2.32. The van der Waals surface area contributed by atoms with Crippen LogP contribution < -0.4 is 5.32 Å². The second-order valence-corrected chi connectivity index (χ2v) is 5.37. The Morgan fingerprint density at radius 1 is 1.06 bits per heavy atom. The minimum absolute atomic E-state index is 0.233. The van der Waals surface area contributed by atoms with Gasteiger partial charge in [0.05, 0.1) is 0 Å². The summed E-state index contributed by atoms with van der Waals surface area (Å²) in [5, 5.41) is 3.28. The minimum atomic E-state index is -0.233. The largest absolute Gasteiger partial charge is 0.381 e. The summed E-state index contributed by atoms with van der Waals surface area (Å²) in [6, 6.07) is 12.6. The van der Waals surface area contributed by atoms with Crippen LogP contribution in [0.5, 0.6) is 0 Å². The third-order valence-corrected chi connectivity index (χ3v) is 3.55. The Morgan fingerprint density at radius 3 is 2.59 bits per heavy atom. The zero-order chi connectivity index (χ0) is 12.3. The van der Waals surface area contributed by atoms with Crippen molar-refractivity contribution < 1.29 is 4.39 Å². The van der Waals surface area contributed by atoms with Gasteiger partial charge in [0.1, 0.15) is 5.82 Å². The van der Waals surface area contributed by atoms with E-state index in [-0.39, 0.29) is 5.82 Å². The first-order chi connectivity index (χ1) is 8.15. The summed E-state index contributed by atoms with van der Waals surface area (Å²) in [6.45, 7) is 0.650. The van der Waals surface area contributed by atoms with Crippen molar-refractivity contribution in [3.63, 3.8) is 0 Å². The summed E-state index contributed by atoms with van der Waals surface area (Å²) < 4.78 is 14.7. The summed E-state index contributed by atoms with van der Waals surface area (Å²) in [6.07, 6.45) is 0. The molecule has 0 aliphatic carbocycles. The Bertz CT molecular complexity index is 529. The molecule has 0 saturated heterocycles. The van der Waals surface area contributed by atoms with Gasteiger partial charge in [-0.3, -0.25) is 0 Å². The molecule has 17 heavy (non-hydrogen) atoms. The molecule has 2 aromatic rings. The summed E-state index contributed by atoms with van der Waals surface area (Å²) in [4.78, 5) is 0. The van der Waals surface area contributed by atoms with E-state index in [1.165, 1.54) is 12.1 Å². The highest BCUT2D eigenvalue weighted by atomic mass is 79.9. The first kappa shape index (κ1) is 12.6. The molecule has 2 aromatic carbocycles. The standard InChI is InChI=1S/C13H10Br2FN/c14-10-2-1-3-12(6-10)17-8-9-4-5-11(16)7-13(9)15/h1-7,17H,8H2. The Balaban J connectivity index is 2.07. The molecule has 0 fully saturated rings. The molecule has 4 heteroatoms. The van der Waals surface area contributed by atoms with Crippen molar-refractivity contribution in [3.05, 3.63) is 62.8 Å². The number of anilines is 1. The molecule has 0 atom stereocenters. The molecule has 0 saturated carbocycles. The number of rotatable bonds is 3. The monoisotopic (exact) mass is 357 g/mol. The van der Waals surface area contributed by atoms with Crippen LogP contribution in [0.2, 0.25) is 0 Å². The number of hydrogen-bond donors (Lipinski definition) is 1. The SMILES string of the molecule is Fc1ccc(CNc2cccc(Br)c2)c(Br)c1. The van der Waals surface area contributed by atoms with Crippen LogP contribution in [0, 0.1) is 5.82 Å². The van der Waals surface area contributed by atoms with Crippen molar-refractivity contribution >= 4 is 37.5 Å². The normalized spacial score (nSPS) is 10.3. The van der Waals surface area contributed by atoms with Gasteiger partial charge in [-0.2, -0.15) is 0 Å². The Kier molecular flexibility index (Phi) is 4.18. The van der Waals surface area contributed by atoms with Gasteiger partial charge in [0.15, 0.2) is 0 Å². The Hall–Kier alpha value is -0.870. The van der Waals surface area contributed by atoms with Gasteiger partial charge in [-0.25, -0.2) is 4.39 Å². The lowest BCUT2D eigenvalue weighted by Gasteiger charge is -2.08. The van der Waals surface area contributed by atoms with Crippen LogP contribution >= 0.6 is 31.9 Å². The summed E-state index contributed by atoms with van der Waals surface area (Å²) in [5.74, 6) is -0.233. The second kappa shape index (κ2) is 5.65. The predicted molar refractivity (Wildman–Crippen MR) is 75.6 cm³/mol. The second-order valence-electron chi connectivity index (χ2n) is 3.60. The maximum absolute atomic E-state index is 12.9. The van der Waals surface area contributed by atoms with E-state index in [4.69, 9.17) is 0 Å². The van der Waals surface area contributed by atoms with Crippen molar-refractivity contribution in [2.75, 3.05) is 5.32 Å². The average molecular weight is 359 g/mol. The van der Waals surface area contributed by atoms with Crippen LogP contribution in [-0.2, 0) is 6.54 Å². The van der Waals surface area contributed by atoms with E-state index in [9.17, 15) is 4.39 Å². The zero-order valence-corrected chi connectivity index (χ0v) is 12.1. The zero-order valence-electron chi connectivity index (χ0n) is 8.88. The lowest BCUT2D eigenvalue weighted by atomic mass is 10.2. The highest BCUT2D eigenvalue weighted by molar-refractivity contribution is 9.10. The molecule has 0 aromatic heterocycles. The number of benzene rings is 2. The lowest BCUT2D eigenvalue weighted by molar-refractivity contribution is 0.626. The molecule has 0 heterocycles. The van der Waals surface area contributed by atoms with Crippen molar-refractivity contribution in [2.24, 2.45) is 0 Å². The summed E-state index contributed by atoms with van der Waals surface area (Å²) in [7, 11) is 0. The van der Waals surface area contributed by atoms with Crippen molar-refractivity contribution in [1.29, 1.82) is 0 Å². The molecule has 2 rings (SSSR count). The van der Waals surface area contributed by atoms with E-state index < -0.39 is 0 Å². The predicted octanol–water partition coefficient (Wildman–Crippen LogP) is 4.96. The number of halogens is 3. The molecule has 1 N–H and O–H groups in total. The van der Waals surface area contributed by atoms with Gasteiger partial charge in [-0.05, 0) is 35.9 Å². The van der Waals surface area contributed by atoms with Crippen LogP contribution in [0.3, 0.4) is 0 Å². The molecule has 88 valence electrons. The smallest absolute Gasteiger partial charge is 0.124 e. The van der Waals surface area contributed by atoms with E-state index in [0.29, 0.717) is 6.54 Å². The molecule has 1 nitrogen and oxygen atoms in total. The van der Waals surface area contributed by atoms with E-state index >= 15 is 0 Å². The third kappa shape index (κ3) is 3.54. The number of nitrogens with one attached hydrogen (secondary N) is 1. The minimum Gasteiger partial charge on any atom is -0.381 e. The van der Waals surface area contributed by atoms with Gasteiger partial charge in [-0.15, -0.1) is 0 Å². The summed E-state index contributed by atoms with van der Waals surface area (Å²) in [5.41, 5.74) is 2.04. The Labute approximate surface area is 116 Å². The molecule has 0 aliphatic rings. The fraction of sp³-hybridized carbons (Fsp3) is 0.0769. The average Bonchev–Trinajstić information content (AvgIpc) is 2.28. The van der Waals surface area contributed by atoms with E-state index in [1.54, 1.807) is 6.07 Å². The van der Waals surface area contributed by atoms with Crippen molar-refractivity contribution in [3.8, 4) is 0 Å². The van der Waals surface area contributed by atoms with Crippen LogP contribution in [0.1, 0.15) is 5.56 Å². The highest BCUT2D eigenvalue weighted by Gasteiger charge is 2.01. The topological polar surface area (TPSA) is 12.0 Å². The summed E-state index contributed by atoms with van der Waals surface area (Å²) >= 11 is 6.76. The molecule has 0 bridgehead atoms. The van der Waals surface area contributed by atoms with Crippen LogP contribution in [-0.4, -0.2) is 0 Å². The number of hydrogen-bond acceptors (Lipinski definition) is 1. The first-order valence-corrected chi connectivity index (χ1v) is 6.67. The van der Waals surface area contributed by atoms with Crippen molar-refractivity contribution in [1.82, 2.24) is 0 Å². The Morgan fingerprint density at radius 2 is 1.88 bits per heavy atom. The quantitative estimate of drug-likeness (QED) is 0.817. The molecule has 0 unspecified atom stereocenters.